The predicted molar refractivity (Wildman–Crippen MR) is 662 cm³/mol. The number of fused-ring (bicyclic) bond motifs is 48. The first-order chi connectivity index (χ1) is 74.5. The molecular formula is C150H122. The summed E-state index contributed by atoms with van der Waals surface area (Å²) in [5, 5.41) is 65.0. The minimum Gasteiger partial charge on any atom is -0.0654 e. The van der Waals surface area contributed by atoms with E-state index >= 15 is 0 Å². The molecule has 0 aromatic heterocycles. The van der Waals surface area contributed by atoms with E-state index in [9.17, 15) is 0 Å². The van der Waals surface area contributed by atoms with Crippen molar-refractivity contribution < 1.29 is 0 Å². The van der Waals surface area contributed by atoms with Crippen molar-refractivity contribution in [2.24, 2.45) is 0 Å². The number of hydrogen-bond acceptors (Lipinski definition) is 0. The van der Waals surface area contributed by atoms with Gasteiger partial charge in [0, 0.05) is 0 Å². The number of rotatable bonds is 22. The summed E-state index contributed by atoms with van der Waals surface area (Å²) in [4.78, 5) is 0. The molecule has 150 heavy (non-hydrogen) atoms. The Kier molecular flexibility index (Phi) is 24.2. The van der Waals surface area contributed by atoms with Crippen LogP contribution in [0.15, 0.2) is 425 Å². The summed E-state index contributed by atoms with van der Waals surface area (Å²) < 4.78 is 0. The number of unbranched alkanes of at least 4 members (excludes halogenated alkanes) is 12. The second-order valence-corrected chi connectivity index (χ2v) is 42.5. The van der Waals surface area contributed by atoms with Gasteiger partial charge in [-0.25, -0.2) is 0 Å². The standard InChI is InChI=1S/2C72H58.C6H6/c2*1-3-5-7-9-43-61-63-53-35-19-11-27-45(53)49-31-15-23-39-57(49)67(63)71(68-58-40-24-16-32-50(58)46-28-12-20-36-54(46)64(61)68)72-69-59-41-25-17-33-51(59)47-29-13-21-37-55(47)65(69)62(44-10-8-6-4-2)66-56-38-22-14-30-48(56)52-34-18-26-42-60(52)70(66)72;1-2-4-6-5-3-1/h2*11-42H,3-10,43-44H2,1-2H3;1-6H. The molecule has 29 aromatic carbocycles. The van der Waals surface area contributed by atoms with Gasteiger partial charge < -0.3 is 0 Å². The minimum atomic E-state index is 1.01. The quantitative estimate of drug-likeness (QED) is 0.0360. The summed E-state index contributed by atoms with van der Waals surface area (Å²) >= 11 is 0. The molecule has 722 valence electrons. The molecule has 0 unspecified atom stereocenters. The SMILES string of the molecule is CCCCCCc1c2c3ccccc3c3ccccc3c2c(-c2c3c4ccccc4c4ccccc4c3c(CCCCCC)c3c4ccccc4c4ccccc4c23)c2c3ccccc3c3ccccc3c12.CCCCCCc1c2c3ccccc3c3ccccc3c2c(-c2c3c4ccccc4c4ccccc4c3c(CCCCCC)c3c4ccccc4c4ccccc4c23)c2c3ccccc3c3ccccc3c12.c1ccccc1. The lowest BCUT2D eigenvalue weighted by Gasteiger charge is -2.28. The van der Waals surface area contributed by atoms with E-state index in [1.54, 1.807) is 0 Å². The molecule has 0 aliphatic heterocycles. The highest BCUT2D eigenvalue weighted by Gasteiger charge is 2.35. The molecule has 0 heterocycles. The van der Waals surface area contributed by atoms with Crippen molar-refractivity contribution in [1.29, 1.82) is 0 Å². The predicted octanol–water partition coefficient (Wildman–Crippen LogP) is 44.6. The summed E-state index contributed by atoms with van der Waals surface area (Å²) in [6, 6.07) is 162. The van der Waals surface area contributed by atoms with Gasteiger partial charge in [0.2, 0.25) is 0 Å². The Hall–Kier alpha value is -16.4. The highest BCUT2D eigenvalue weighted by atomic mass is 14.4. The Morgan fingerprint density at radius 3 is 0.287 bits per heavy atom. The van der Waals surface area contributed by atoms with E-state index in [2.05, 4.69) is 416 Å². The third-order valence-electron chi connectivity index (χ3n) is 34.2. The van der Waals surface area contributed by atoms with Crippen molar-refractivity contribution in [3.63, 3.8) is 0 Å². The third-order valence-corrected chi connectivity index (χ3v) is 34.2. The van der Waals surface area contributed by atoms with Crippen LogP contribution in [0.1, 0.15) is 153 Å². The Balaban J connectivity index is 0.000000140. The van der Waals surface area contributed by atoms with Crippen LogP contribution in [0.3, 0.4) is 0 Å². The zero-order chi connectivity index (χ0) is 100.0. The second kappa shape index (κ2) is 39.4. The number of aryl methyl sites for hydroxylation is 4. The zero-order valence-electron chi connectivity index (χ0n) is 86.6. The molecule has 29 rings (SSSR count). The van der Waals surface area contributed by atoms with E-state index in [0.717, 1.165) is 51.4 Å². The van der Waals surface area contributed by atoms with Crippen molar-refractivity contribution in [3.05, 3.63) is 447 Å². The van der Waals surface area contributed by atoms with E-state index in [0.29, 0.717) is 0 Å². The van der Waals surface area contributed by atoms with E-state index in [1.165, 1.54) is 380 Å². The average molecular weight is 1920 g/mol. The molecule has 0 aliphatic carbocycles. The molecule has 0 nitrogen and oxygen atoms in total. The second-order valence-electron chi connectivity index (χ2n) is 42.5. The van der Waals surface area contributed by atoms with Crippen LogP contribution in [0.25, 0.3) is 281 Å². The van der Waals surface area contributed by atoms with Gasteiger partial charge in [-0.1, -0.05) is 529 Å². The van der Waals surface area contributed by atoms with E-state index in [-0.39, 0.29) is 0 Å². The van der Waals surface area contributed by atoms with Crippen LogP contribution in [-0.4, -0.2) is 0 Å². The first-order valence-electron chi connectivity index (χ1n) is 56.0. The lowest BCUT2D eigenvalue weighted by molar-refractivity contribution is 0.670. The lowest BCUT2D eigenvalue weighted by Crippen LogP contribution is -2.02. The molecule has 0 fully saturated rings. The van der Waals surface area contributed by atoms with Crippen LogP contribution in [0.5, 0.6) is 0 Å². The fourth-order valence-corrected chi connectivity index (χ4v) is 28.0. The van der Waals surface area contributed by atoms with E-state index < -0.39 is 0 Å². The van der Waals surface area contributed by atoms with Gasteiger partial charge in [0.05, 0.1) is 0 Å². The zero-order valence-corrected chi connectivity index (χ0v) is 86.6. The summed E-state index contributed by atoms with van der Waals surface area (Å²) in [6.07, 6.45) is 23.3. The monoisotopic (exact) mass is 1920 g/mol. The van der Waals surface area contributed by atoms with Crippen molar-refractivity contribution in [2.75, 3.05) is 0 Å². The molecule has 29 aromatic rings. The van der Waals surface area contributed by atoms with Crippen LogP contribution in [0.2, 0.25) is 0 Å². The van der Waals surface area contributed by atoms with Crippen molar-refractivity contribution in [1.82, 2.24) is 0 Å². The van der Waals surface area contributed by atoms with Gasteiger partial charge in [-0.15, -0.1) is 0 Å². The minimum absolute atomic E-state index is 1.01. The topological polar surface area (TPSA) is 0 Å². The molecular weight excluding hydrogens is 1800 g/mol. The van der Waals surface area contributed by atoms with E-state index in [4.69, 9.17) is 0 Å². The average Bonchev–Trinajstić information content (AvgIpc) is 0.671. The van der Waals surface area contributed by atoms with Gasteiger partial charge in [-0.05, 0) is 354 Å². The Labute approximate surface area is 877 Å². The number of benzene rings is 29. The van der Waals surface area contributed by atoms with Gasteiger partial charge in [-0.3, -0.25) is 0 Å². The summed E-state index contributed by atoms with van der Waals surface area (Å²) in [6.45, 7) is 9.35. The molecule has 0 saturated carbocycles. The molecule has 0 bridgehead atoms. The largest absolute Gasteiger partial charge is 0.0654 e. The van der Waals surface area contributed by atoms with Crippen molar-refractivity contribution >= 4 is 259 Å². The molecule has 0 amide bonds. The summed E-state index contributed by atoms with van der Waals surface area (Å²) in [5.74, 6) is 0. The smallest absolute Gasteiger partial charge is 0.0000721 e. The van der Waals surface area contributed by atoms with Crippen molar-refractivity contribution in [3.8, 4) is 22.3 Å². The van der Waals surface area contributed by atoms with Crippen LogP contribution in [0.4, 0.5) is 0 Å². The van der Waals surface area contributed by atoms with Gasteiger partial charge in [-0.2, -0.15) is 0 Å². The summed E-state index contributed by atoms with van der Waals surface area (Å²) in [7, 11) is 0. The number of hydrogen-bond donors (Lipinski definition) is 0. The van der Waals surface area contributed by atoms with Crippen LogP contribution < -0.4 is 0 Å². The van der Waals surface area contributed by atoms with Gasteiger partial charge in [0.15, 0.2) is 0 Å². The maximum Gasteiger partial charge on any atom is -0.0000721 e. The normalized spacial score (nSPS) is 12.1. The molecule has 0 heteroatoms. The van der Waals surface area contributed by atoms with Gasteiger partial charge >= 0.3 is 0 Å². The van der Waals surface area contributed by atoms with Crippen molar-refractivity contribution in [2.45, 2.75) is 156 Å². The molecule has 0 N–H and O–H groups in total. The Morgan fingerprint density at radius 2 is 0.187 bits per heavy atom. The lowest BCUT2D eigenvalue weighted by atomic mass is 9.74. The first kappa shape index (κ1) is 92.2. The molecule has 0 spiro atoms. The Bertz CT molecular complexity index is 8800. The maximum absolute atomic E-state index is 2.46. The highest BCUT2D eigenvalue weighted by Crippen LogP contribution is 2.62. The summed E-state index contributed by atoms with van der Waals surface area (Å²) in [5.41, 5.74) is 11.5. The Morgan fingerprint density at radius 1 is 0.0933 bits per heavy atom. The van der Waals surface area contributed by atoms with E-state index in [1.807, 2.05) is 36.4 Å². The maximum atomic E-state index is 2.46. The third kappa shape index (κ3) is 14.8. The van der Waals surface area contributed by atoms with Crippen LogP contribution in [0, 0.1) is 0 Å². The van der Waals surface area contributed by atoms with Gasteiger partial charge in [0.1, 0.15) is 0 Å². The van der Waals surface area contributed by atoms with Gasteiger partial charge in [0.25, 0.3) is 0 Å². The molecule has 0 saturated heterocycles. The fourth-order valence-electron chi connectivity index (χ4n) is 28.0. The van der Waals surface area contributed by atoms with Crippen LogP contribution in [-0.2, 0) is 25.7 Å². The molecule has 0 aliphatic rings. The first-order valence-corrected chi connectivity index (χ1v) is 56.0. The molecule has 0 radical (unpaired) electrons. The highest BCUT2D eigenvalue weighted by molar-refractivity contribution is 6.50. The van der Waals surface area contributed by atoms with Crippen LogP contribution >= 0.6 is 0 Å². The molecule has 0 atom stereocenters. The fraction of sp³-hybridized carbons (Fsp3) is 0.160.